The van der Waals surface area contributed by atoms with Crippen molar-refractivity contribution in [1.29, 1.82) is 0 Å². The fourth-order valence-corrected chi connectivity index (χ4v) is 1.83. The second kappa shape index (κ2) is 4.49. The Morgan fingerprint density at radius 1 is 0.778 bits per heavy atom. The van der Waals surface area contributed by atoms with E-state index < -0.39 is 44.2 Å². The second-order valence-corrected chi connectivity index (χ2v) is 4.67. The van der Waals surface area contributed by atoms with Gasteiger partial charge in [-0.25, -0.2) is 13.2 Å². The molecule has 0 aliphatic carbocycles. The lowest BCUT2D eigenvalue weighted by molar-refractivity contribution is -0.141. The molecule has 0 N–H and O–H groups in total. The van der Waals surface area contributed by atoms with Crippen LogP contribution in [0, 0.1) is 24.4 Å². The summed E-state index contributed by atoms with van der Waals surface area (Å²) in [4.78, 5) is 0. The SMILES string of the molecule is Cc1c(F)c(F)c(C(F)(F)I)c(F)c1C(F)(F)F. The van der Waals surface area contributed by atoms with Gasteiger partial charge in [0.25, 0.3) is 0 Å². The average molecular weight is 390 g/mol. The molecule has 1 rings (SSSR count). The summed E-state index contributed by atoms with van der Waals surface area (Å²) in [5.41, 5.74) is -5.87. The van der Waals surface area contributed by atoms with Crippen LogP contribution in [0.4, 0.5) is 35.1 Å². The van der Waals surface area contributed by atoms with Crippen LogP contribution in [-0.2, 0) is 10.1 Å². The summed E-state index contributed by atoms with van der Waals surface area (Å²) in [5.74, 6) is -6.97. The molecule has 0 bridgehead atoms. The first-order valence-electron chi connectivity index (χ1n) is 4.20. The quantitative estimate of drug-likeness (QED) is 0.277. The van der Waals surface area contributed by atoms with E-state index in [0.717, 1.165) is 0 Å². The molecule has 0 saturated carbocycles. The second-order valence-electron chi connectivity index (χ2n) is 3.31. The Morgan fingerprint density at radius 3 is 1.56 bits per heavy atom. The van der Waals surface area contributed by atoms with Gasteiger partial charge in [-0.1, -0.05) is 0 Å². The zero-order valence-electron chi connectivity index (χ0n) is 8.40. The van der Waals surface area contributed by atoms with Gasteiger partial charge in [0.15, 0.2) is 11.6 Å². The van der Waals surface area contributed by atoms with Crippen LogP contribution in [0.5, 0.6) is 0 Å². The number of hydrogen-bond donors (Lipinski definition) is 0. The summed E-state index contributed by atoms with van der Waals surface area (Å²) >= 11 is 0.220. The number of halogens is 9. The minimum Gasteiger partial charge on any atom is -0.206 e. The predicted molar refractivity (Wildman–Crippen MR) is 54.0 cm³/mol. The third-order valence-electron chi connectivity index (χ3n) is 2.12. The van der Waals surface area contributed by atoms with E-state index in [0.29, 0.717) is 6.92 Å². The summed E-state index contributed by atoms with van der Waals surface area (Å²) in [6, 6.07) is 0. The topological polar surface area (TPSA) is 0 Å². The molecule has 0 heterocycles. The summed E-state index contributed by atoms with van der Waals surface area (Å²) < 4.78 is 98.2. The van der Waals surface area contributed by atoms with Crippen molar-refractivity contribution >= 4 is 22.6 Å². The molecule has 0 radical (unpaired) electrons. The van der Waals surface area contributed by atoms with Crippen LogP contribution in [0.2, 0.25) is 0 Å². The number of alkyl halides is 6. The lowest BCUT2D eigenvalue weighted by Crippen LogP contribution is -2.20. The van der Waals surface area contributed by atoms with Gasteiger partial charge in [0, 0.05) is 28.2 Å². The van der Waals surface area contributed by atoms with E-state index in [-0.39, 0.29) is 22.6 Å². The van der Waals surface area contributed by atoms with Gasteiger partial charge >= 0.3 is 10.1 Å². The first-order chi connectivity index (χ1) is 7.89. The van der Waals surface area contributed by atoms with E-state index in [1.54, 1.807) is 0 Å². The van der Waals surface area contributed by atoms with Crippen LogP contribution in [-0.4, -0.2) is 0 Å². The Balaban J connectivity index is 3.83. The van der Waals surface area contributed by atoms with E-state index in [1.807, 2.05) is 0 Å². The van der Waals surface area contributed by atoms with Gasteiger partial charge in [-0.05, 0) is 6.92 Å². The first-order valence-corrected chi connectivity index (χ1v) is 5.28. The van der Waals surface area contributed by atoms with Crippen molar-refractivity contribution in [2.75, 3.05) is 0 Å². The molecule has 0 nitrogen and oxygen atoms in total. The van der Waals surface area contributed by atoms with E-state index in [1.165, 1.54) is 0 Å². The maximum atomic E-state index is 13.4. The Hall–Kier alpha value is -0.610. The molecule has 0 aliphatic heterocycles. The van der Waals surface area contributed by atoms with Gasteiger partial charge < -0.3 is 0 Å². The first kappa shape index (κ1) is 15.4. The molecule has 0 saturated heterocycles. The maximum Gasteiger partial charge on any atom is 0.419 e. The third kappa shape index (κ3) is 2.54. The van der Waals surface area contributed by atoms with Gasteiger partial charge in [0.2, 0.25) is 0 Å². The van der Waals surface area contributed by atoms with Crippen molar-refractivity contribution in [2.24, 2.45) is 0 Å². The van der Waals surface area contributed by atoms with Crippen LogP contribution in [0.25, 0.3) is 0 Å². The molecule has 0 aromatic heterocycles. The summed E-state index contributed by atoms with van der Waals surface area (Å²) in [7, 11) is 0. The Morgan fingerprint density at radius 2 is 1.22 bits per heavy atom. The molecule has 102 valence electrons. The van der Waals surface area contributed by atoms with Crippen LogP contribution in [0.15, 0.2) is 0 Å². The van der Waals surface area contributed by atoms with E-state index in [9.17, 15) is 35.1 Å². The Bertz CT molecular complexity index is 444. The molecular formula is C9H3F8I. The van der Waals surface area contributed by atoms with E-state index in [2.05, 4.69) is 0 Å². The maximum absolute atomic E-state index is 13.4. The molecule has 0 unspecified atom stereocenters. The fraction of sp³-hybridized carbons (Fsp3) is 0.333. The van der Waals surface area contributed by atoms with E-state index in [4.69, 9.17) is 0 Å². The molecule has 1 aromatic carbocycles. The Labute approximate surface area is 109 Å². The average Bonchev–Trinajstić information content (AvgIpc) is 2.09. The van der Waals surface area contributed by atoms with Gasteiger partial charge in [0.1, 0.15) is 11.4 Å². The Kier molecular flexibility index (Phi) is 3.86. The van der Waals surface area contributed by atoms with Crippen molar-refractivity contribution in [1.82, 2.24) is 0 Å². The van der Waals surface area contributed by atoms with Crippen molar-refractivity contribution in [2.45, 2.75) is 17.0 Å². The van der Waals surface area contributed by atoms with Gasteiger partial charge in [0.05, 0.1) is 5.56 Å². The lowest BCUT2D eigenvalue weighted by atomic mass is 10.0. The molecule has 0 amide bonds. The monoisotopic (exact) mass is 390 g/mol. The highest BCUT2D eigenvalue weighted by Crippen LogP contribution is 2.44. The van der Waals surface area contributed by atoms with Crippen molar-refractivity contribution in [3.63, 3.8) is 0 Å². The standard InChI is InChI=1S/C9H3F8I/c1-2-3(8(13,14)15)6(11)4(9(16,17)18)7(12)5(2)10/h1H3. The van der Waals surface area contributed by atoms with Crippen LogP contribution >= 0.6 is 22.6 Å². The largest absolute Gasteiger partial charge is 0.419 e. The zero-order chi connectivity index (χ0) is 14.5. The highest BCUT2D eigenvalue weighted by atomic mass is 127. The van der Waals surface area contributed by atoms with Gasteiger partial charge in [-0.3, -0.25) is 0 Å². The molecule has 18 heavy (non-hydrogen) atoms. The van der Waals surface area contributed by atoms with Crippen molar-refractivity contribution < 1.29 is 35.1 Å². The number of hydrogen-bond acceptors (Lipinski definition) is 0. The van der Waals surface area contributed by atoms with Crippen LogP contribution in [0.1, 0.15) is 16.7 Å². The van der Waals surface area contributed by atoms with Gasteiger partial charge in [-0.15, -0.1) is 0 Å². The normalized spacial score (nSPS) is 13.0. The number of rotatable bonds is 1. The van der Waals surface area contributed by atoms with Crippen molar-refractivity contribution in [3.05, 3.63) is 34.1 Å². The highest BCUT2D eigenvalue weighted by molar-refractivity contribution is 14.1. The summed E-state index contributed by atoms with van der Waals surface area (Å²) in [5, 5.41) is 0. The van der Waals surface area contributed by atoms with Crippen LogP contribution < -0.4 is 0 Å². The smallest absolute Gasteiger partial charge is 0.206 e. The van der Waals surface area contributed by atoms with E-state index >= 15 is 0 Å². The zero-order valence-corrected chi connectivity index (χ0v) is 10.6. The molecule has 0 atom stereocenters. The number of benzene rings is 1. The minimum absolute atomic E-state index is 0.220. The predicted octanol–water partition coefficient (Wildman–Crippen LogP) is 4.92. The third-order valence-corrected chi connectivity index (χ3v) is 2.66. The molecule has 0 fully saturated rings. The molecule has 0 aliphatic rings. The molecule has 9 heteroatoms. The fourth-order valence-electron chi connectivity index (χ4n) is 1.36. The molecule has 1 aromatic rings. The van der Waals surface area contributed by atoms with Gasteiger partial charge in [-0.2, -0.15) is 22.0 Å². The lowest BCUT2D eigenvalue weighted by Gasteiger charge is -2.18. The molecular weight excluding hydrogens is 387 g/mol. The highest BCUT2D eigenvalue weighted by Gasteiger charge is 2.45. The molecule has 0 spiro atoms. The van der Waals surface area contributed by atoms with Crippen LogP contribution in [0.3, 0.4) is 0 Å². The summed E-state index contributed by atoms with van der Waals surface area (Å²) in [6.45, 7) is 0.458. The van der Waals surface area contributed by atoms with Crippen molar-refractivity contribution in [3.8, 4) is 0 Å². The minimum atomic E-state index is -5.40. The summed E-state index contributed by atoms with van der Waals surface area (Å²) in [6.07, 6.45) is -5.40.